The van der Waals surface area contributed by atoms with Crippen LogP contribution in [-0.2, 0) is 19.3 Å². The molecule has 2 unspecified atom stereocenters. The van der Waals surface area contributed by atoms with E-state index in [9.17, 15) is 8.42 Å². The van der Waals surface area contributed by atoms with Crippen molar-refractivity contribution in [2.75, 3.05) is 30.4 Å². The van der Waals surface area contributed by atoms with Crippen LogP contribution in [-0.4, -0.2) is 59.9 Å². The number of nitrogens with one attached hydrogen (secondary N) is 1. The number of aromatic nitrogens is 4. The van der Waals surface area contributed by atoms with E-state index in [1.807, 2.05) is 24.4 Å². The zero-order valence-corrected chi connectivity index (χ0v) is 17.9. The fourth-order valence-electron chi connectivity index (χ4n) is 4.46. The van der Waals surface area contributed by atoms with E-state index in [-0.39, 0.29) is 11.8 Å². The maximum absolute atomic E-state index is 12.9. The number of pyridine rings is 1. The van der Waals surface area contributed by atoms with Gasteiger partial charge in [-0.3, -0.25) is 0 Å². The Labute approximate surface area is 175 Å². The molecule has 2 saturated heterocycles. The minimum absolute atomic E-state index is 0.145. The first-order chi connectivity index (χ1) is 14.4. The molecule has 3 aromatic rings. The molecule has 3 aromatic heterocycles. The summed E-state index contributed by atoms with van der Waals surface area (Å²) in [5.74, 6) is 1.47. The van der Waals surface area contributed by atoms with E-state index in [1.165, 1.54) is 0 Å². The topological polar surface area (TPSA) is 101 Å². The van der Waals surface area contributed by atoms with Crippen LogP contribution in [0.4, 0.5) is 5.82 Å². The number of nitrogens with zero attached hydrogens (tertiary/aromatic N) is 4. The number of ether oxygens (including phenoxy) is 1. The molecule has 1 N–H and O–H groups in total. The lowest BCUT2D eigenvalue weighted by Crippen LogP contribution is -2.44. The summed E-state index contributed by atoms with van der Waals surface area (Å²) in [4.78, 5) is 19.3. The largest absolute Gasteiger partial charge is 0.377 e. The molecule has 0 aliphatic carbocycles. The number of hydrogen-bond acceptors (Lipinski definition) is 7. The first kappa shape index (κ1) is 19.4. The normalized spacial score (nSPS) is 26.3. The van der Waals surface area contributed by atoms with Gasteiger partial charge in [0.15, 0.2) is 15.7 Å². The fourth-order valence-corrected chi connectivity index (χ4v) is 6.32. The van der Waals surface area contributed by atoms with E-state index in [4.69, 9.17) is 14.7 Å². The lowest BCUT2D eigenvalue weighted by molar-refractivity contribution is 0.0985. The predicted molar refractivity (Wildman–Crippen MR) is 115 cm³/mol. The molecular formula is C21H25N5O3S. The number of H-pyrrole nitrogens is 1. The molecule has 0 spiro atoms. The van der Waals surface area contributed by atoms with Gasteiger partial charge in [0.1, 0.15) is 16.2 Å². The van der Waals surface area contributed by atoms with Crippen molar-refractivity contribution < 1.29 is 13.2 Å². The van der Waals surface area contributed by atoms with Crippen LogP contribution in [0.15, 0.2) is 30.6 Å². The summed E-state index contributed by atoms with van der Waals surface area (Å²) >= 11 is 0. The second-order valence-electron chi connectivity index (χ2n) is 8.30. The van der Waals surface area contributed by atoms with E-state index in [0.717, 1.165) is 22.4 Å². The molecule has 9 heteroatoms. The molecule has 0 aromatic carbocycles. The minimum Gasteiger partial charge on any atom is -0.377 e. The summed E-state index contributed by atoms with van der Waals surface area (Å²) < 4.78 is 30.5. The third-order valence-corrected chi connectivity index (χ3v) is 8.98. The number of aromatic amines is 1. The van der Waals surface area contributed by atoms with Crippen LogP contribution in [0.2, 0.25) is 0 Å². The van der Waals surface area contributed by atoms with Crippen molar-refractivity contribution >= 4 is 26.7 Å². The van der Waals surface area contributed by atoms with E-state index in [1.54, 1.807) is 13.1 Å². The zero-order chi connectivity index (χ0) is 20.9. The average Bonchev–Trinajstić information content (AvgIpc) is 3.32. The van der Waals surface area contributed by atoms with Crippen LogP contribution < -0.4 is 4.90 Å². The van der Waals surface area contributed by atoms with Crippen LogP contribution in [0.1, 0.15) is 32.4 Å². The molecule has 2 atom stereocenters. The van der Waals surface area contributed by atoms with Gasteiger partial charge in [0.2, 0.25) is 0 Å². The molecule has 2 aliphatic rings. The zero-order valence-electron chi connectivity index (χ0n) is 17.1. The van der Waals surface area contributed by atoms with Crippen molar-refractivity contribution in [3.05, 3.63) is 36.3 Å². The molecule has 0 bridgehead atoms. The lowest BCUT2D eigenvalue weighted by Gasteiger charge is -2.35. The summed E-state index contributed by atoms with van der Waals surface area (Å²) in [5, 5.41) is 0.912. The number of sulfone groups is 1. The summed E-state index contributed by atoms with van der Waals surface area (Å²) in [6, 6.07) is 5.84. The molecular weight excluding hydrogens is 402 g/mol. The molecule has 5 rings (SSSR count). The standard InChI is InChI=1S/C21H25N5O3S/c1-14-13-29-10-9-26(14)18-12-17(21(2)6-3-11-30(21,27)28)24-20(25-18)16-5-8-23-19-15(16)4-7-22-19/h4-5,7-8,12,14H,3,6,9-11,13H2,1-2H3,(H,22,23). The smallest absolute Gasteiger partial charge is 0.162 e. The Morgan fingerprint density at radius 1 is 1.30 bits per heavy atom. The highest BCUT2D eigenvalue weighted by molar-refractivity contribution is 7.92. The highest BCUT2D eigenvalue weighted by atomic mass is 32.2. The van der Waals surface area contributed by atoms with Gasteiger partial charge in [-0.2, -0.15) is 0 Å². The number of fused-ring (bicyclic) bond motifs is 1. The number of morpholine rings is 1. The van der Waals surface area contributed by atoms with Crippen LogP contribution in [0.25, 0.3) is 22.4 Å². The first-order valence-corrected chi connectivity index (χ1v) is 11.9. The van der Waals surface area contributed by atoms with Crippen LogP contribution in [0.3, 0.4) is 0 Å². The highest BCUT2D eigenvalue weighted by Gasteiger charge is 2.46. The monoisotopic (exact) mass is 427 g/mol. The van der Waals surface area contributed by atoms with Gasteiger partial charge < -0.3 is 14.6 Å². The molecule has 5 heterocycles. The van der Waals surface area contributed by atoms with E-state index >= 15 is 0 Å². The first-order valence-electron chi connectivity index (χ1n) is 10.3. The number of anilines is 1. The van der Waals surface area contributed by atoms with Gasteiger partial charge in [0.05, 0.1) is 30.7 Å². The summed E-state index contributed by atoms with van der Waals surface area (Å²) in [5.41, 5.74) is 2.16. The molecule has 30 heavy (non-hydrogen) atoms. The second kappa shape index (κ2) is 7.02. The SMILES string of the molecule is CC1COCCN1c1cc(C2(C)CCCS2(=O)=O)nc(-c2ccnc3[nH]ccc23)n1. The Kier molecular flexibility index (Phi) is 4.55. The summed E-state index contributed by atoms with van der Waals surface area (Å²) in [6.07, 6.45) is 4.77. The van der Waals surface area contributed by atoms with Gasteiger partial charge >= 0.3 is 0 Å². The summed E-state index contributed by atoms with van der Waals surface area (Å²) in [6.45, 7) is 5.82. The molecule has 0 saturated carbocycles. The van der Waals surface area contributed by atoms with Crippen LogP contribution >= 0.6 is 0 Å². The molecule has 0 radical (unpaired) electrons. The molecule has 2 aliphatic heterocycles. The maximum atomic E-state index is 12.9. The number of hydrogen-bond donors (Lipinski definition) is 1. The predicted octanol–water partition coefficient (Wildman–Crippen LogP) is 2.67. The Morgan fingerprint density at radius 3 is 2.93 bits per heavy atom. The minimum atomic E-state index is -3.28. The Hall–Kier alpha value is -2.52. The van der Waals surface area contributed by atoms with E-state index in [0.29, 0.717) is 44.1 Å². The average molecular weight is 428 g/mol. The molecule has 8 nitrogen and oxygen atoms in total. The maximum Gasteiger partial charge on any atom is 0.162 e. The van der Waals surface area contributed by atoms with Crippen molar-refractivity contribution in [2.24, 2.45) is 0 Å². The molecule has 158 valence electrons. The Morgan fingerprint density at radius 2 is 2.17 bits per heavy atom. The lowest BCUT2D eigenvalue weighted by atomic mass is 10.0. The van der Waals surface area contributed by atoms with Crippen LogP contribution in [0.5, 0.6) is 0 Å². The number of rotatable bonds is 3. The highest BCUT2D eigenvalue weighted by Crippen LogP contribution is 2.42. The van der Waals surface area contributed by atoms with E-state index in [2.05, 4.69) is 21.8 Å². The second-order valence-corrected chi connectivity index (χ2v) is 10.8. The van der Waals surface area contributed by atoms with Crippen molar-refractivity contribution in [1.82, 2.24) is 19.9 Å². The van der Waals surface area contributed by atoms with Gasteiger partial charge in [0, 0.05) is 36.0 Å². The fraction of sp³-hybridized carbons (Fsp3) is 0.476. The van der Waals surface area contributed by atoms with Gasteiger partial charge in [-0.25, -0.2) is 23.4 Å². The van der Waals surface area contributed by atoms with Gasteiger partial charge in [-0.15, -0.1) is 0 Å². The molecule has 0 amide bonds. The van der Waals surface area contributed by atoms with Gasteiger partial charge in [-0.05, 0) is 38.8 Å². The Balaban J connectivity index is 1.73. The Bertz CT molecular complexity index is 1210. The van der Waals surface area contributed by atoms with Crippen LogP contribution in [0, 0.1) is 0 Å². The van der Waals surface area contributed by atoms with Crippen molar-refractivity contribution in [3.8, 4) is 11.4 Å². The van der Waals surface area contributed by atoms with Crippen molar-refractivity contribution in [2.45, 2.75) is 37.5 Å². The van der Waals surface area contributed by atoms with Gasteiger partial charge in [0.25, 0.3) is 0 Å². The quantitative estimate of drug-likeness (QED) is 0.686. The van der Waals surface area contributed by atoms with E-state index < -0.39 is 14.6 Å². The van der Waals surface area contributed by atoms with Gasteiger partial charge in [-0.1, -0.05) is 0 Å². The van der Waals surface area contributed by atoms with Crippen molar-refractivity contribution in [1.29, 1.82) is 0 Å². The van der Waals surface area contributed by atoms with Crippen molar-refractivity contribution in [3.63, 3.8) is 0 Å². The molecule has 2 fully saturated rings. The summed E-state index contributed by atoms with van der Waals surface area (Å²) in [7, 11) is -3.28. The third-order valence-electron chi connectivity index (χ3n) is 6.37. The third kappa shape index (κ3) is 2.99.